The molecule has 10 rings (SSSR count). The molecule has 0 unspecified atom stereocenters. The topological polar surface area (TPSA) is 143 Å². The van der Waals surface area contributed by atoms with Gasteiger partial charge in [0.15, 0.2) is 18.2 Å². The third kappa shape index (κ3) is 7.64. The van der Waals surface area contributed by atoms with Crippen molar-refractivity contribution in [1.82, 2.24) is 29.2 Å². The number of alkyl halides is 2. The van der Waals surface area contributed by atoms with Gasteiger partial charge in [0.1, 0.15) is 10.8 Å². The maximum absolute atomic E-state index is 15.8. The number of piperidine rings is 3. The maximum Gasteiger partial charge on any atom is 0.301 e. The first kappa shape index (κ1) is 41.6. The maximum atomic E-state index is 15.8. The van der Waals surface area contributed by atoms with E-state index in [0.29, 0.717) is 80.9 Å². The highest BCUT2D eigenvalue weighted by atomic mass is 35.5. The highest BCUT2D eigenvalue weighted by molar-refractivity contribution is 6.33. The van der Waals surface area contributed by atoms with E-state index in [1.807, 2.05) is 6.07 Å². The fourth-order valence-corrected chi connectivity index (χ4v) is 10.3. The Labute approximate surface area is 366 Å². The molecule has 5 aliphatic rings. The number of imide groups is 1. The molecule has 1 saturated carbocycles. The molecule has 4 aliphatic heterocycles. The summed E-state index contributed by atoms with van der Waals surface area (Å²) in [7, 11) is 3.36. The molecule has 2 N–H and O–H groups in total. The van der Waals surface area contributed by atoms with Gasteiger partial charge in [-0.1, -0.05) is 18.5 Å². The summed E-state index contributed by atoms with van der Waals surface area (Å²) in [5.74, 6) is -2.41. The van der Waals surface area contributed by atoms with Crippen LogP contribution in [0.4, 0.5) is 42.1 Å². The molecule has 0 bridgehead atoms. The summed E-state index contributed by atoms with van der Waals surface area (Å²) in [5, 5.41) is 12.2. The molecule has 63 heavy (non-hydrogen) atoms. The van der Waals surface area contributed by atoms with Crippen LogP contribution in [0, 0.1) is 23.6 Å². The van der Waals surface area contributed by atoms with E-state index in [0.717, 1.165) is 56.9 Å². The number of nitrogens with one attached hydrogen (secondary N) is 2. The van der Waals surface area contributed by atoms with Gasteiger partial charge in [-0.25, -0.2) is 23.1 Å². The van der Waals surface area contributed by atoms with Crippen molar-refractivity contribution in [2.75, 3.05) is 59.8 Å². The van der Waals surface area contributed by atoms with Crippen molar-refractivity contribution in [2.24, 2.45) is 31.8 Å². The first-order valence-corrected chi connectivity index (χ1v) is 22.3. The van der Waals surface area contributed by atoms with Crippen molar-refractivity contribution < 1.29 is 27.5 Å². The van der Waals surface area contributed by atoms with Crippen LogP contribution in [0.25, 0.3) is 21.8 Å². The SMILES string of the molecule is C[C@@H]1CN(c2ncc(Cl)c(Nc3ccc4c(c3)c3c(c(=O)n4C)OCC(F)(F)[C@H](C4CC4)N3)n2)CC[C@@H]1CN1CCC(c2cc3c(cc2F)c(N2C(=O)CCCC2=O)nn3C)CC1. The molecular formula is C45H50ClF3N10O4. The molecule has 0 radical (unpaired) electrons. The number of anilines is 5. The van der Waals surface area contributed by atoms with E-state index in [1.54, 1.807) is 43.2 Å². The number of hydrogen-bond acceptors (Lipinski definition) is 11. The van der Waals surface area contributed by atoms with E-state index >= 15 is 13.2 Å². The Kier molecular flexibility index (Phi) is 10.5. The molecule has 1 aliphatic carbocycles. The molecular weight excluding hydrogens is 837 g/mol. The second kappa shape index (κ2) is 16.0. The van der Waals surface area contributed by atoms with Crippen LogP contribution in [0.3, 0.4) is 0 Å². The van der Waals surface area contributed by atoms with Gasteiger partial charge in [-0.3, -0.25) is 19.1 Å². The molecule has 3 aromatic heterocycles. The van der Waals surface area contributed by atoms with Crippen LogP contribution in [0.15, 0.2) is 41.3 Å². The fourth-order valence-electron chi connectivity index (χ4n) is 10.2. The lowest BCUT2D eigenvalue weighted by molar-refractivity contribution is -0.129. The summed E-state index contributed by atoms with van der Waals surface area (Å²) in [6.45, 7) is 5.54. The number of fused-ring (bicyclic) bond motifs is 4. The van der Waals surface area contributed by atoms with E-state index < -0.39 is 24.1 Å². The lowest BCUT2D eigenvalue weighted by Gasteiger charge is -2.41. The molecule has 18 heteroatoms. The van der Waals surface area contributed by atoms with Crippen molar-refractivity contribution >= 4 is 74.2 Å². The predicted octanol–water partition coefficient (Wildman–Crippen LogP) is 7.36. The number of carbonyl (C=O) groups is 2. The largest absolute Gasteiger partial charge is 0.480 e. The van der Waals surface area contributed by atoms with Crippen LogP contribution < -0.4 is 30.7 Å². The van der Waals surface area contributed by atoms with Crippen LogP contribution in [0.5, 0.6) is 5.75 Å². The number of carbonyl (C=O) groups excluding carboxylic acids is 2. The van der Waals surface area contributed by atoms with Crippen LogP contribution in [0.2, 0.25) is 5.02 Å². The van der Waals surface area contributed by atoms with E-state index in [4.69, 9.17) is 21.3 Å². The number of amides is 2. The standard InChI is InChI=1S/C45H50ClF3N10O4/c1-24-21-58(16-13-27(24)22-57-14-11-25(12-15-57)29-19-35-31(18-33(29)47)42(54-56(35)3)59-36(60)5-4-6-37(59)61)44-50-20-32(46)41(53-44)51-28-9-10-34-30(17-28)38-39(43(62)55(34)2)63-23-45(48,49)40(52-38)26-7-8-26/h9-10,17-20,24-27,40,52H,4-8,11-16,21-23H2,1-3H3,(H,50,51,53)/t24-,27-,40+/m1/s1. The van der Waals surface area contributed by atoms with Crippen LogP contribution in [-0.4, -0.2) is 92.3 Å². The average Bonchev–Trinajstić information content (AvgIpc) is 4.07. The van der Waals surface area contributed by atoms with Gasteiger partial charge in [-0.2, -0.15) is 10.1 Å². The first-order chi connectivity index (χ1) is 30.2. The third-order valence-corrected chi connectivity index (χ3v) is 14.2. The smallest absolute Gasteiger partial charge is 0.301 e. The van der Waals surface area contributed by atoms with Gasteiger partial charge in [0.25, 0.3) is 5.56 Å². The molecule has 5 aromatic rings. The molecule has 2 aromatic carbocycles. The lowest BCUT2D eigenvalue weighted by atomic mass is 9.84. The highest BCUT2D eigenvalue weighted by Crippen LogP contribution is 2.46. The van der Waals surface area contributed by atoms with Crippen LogP contribution in [-0.2, 0) is 23.7 Å². The van der Waals surface area contributed by atoms with Gasteiger partial charge in [0, 0.05) is 63.0 Å². The number of nitrogens with zero attached hydrogens (tertiary/aromatic N) is 8. The van der Waals surface area contributed by atoms with Crippen LogP contribution >= 0.6 is 11.6 Å². The van der Waals surface area contributed by atoms with Crippen molar-refractivity contribution in [1.29, 1.82) is 0 Å². The van der Waals surface area contributed by atoms with Gasteiger partial charge >= 0.3 is 5.92 Å². The number of aryl methyl sites for hydroxylation is 2. The Bertz CT molecular complexity index is 2700. The minimum Gasteiger partial charge on any atom is -0.480 e. The second-order valence-corrected chi connectivity index (χ2v) is 18.6. The number of hydrogen-bond donors (Lipinski definition) is 2. The molecule has 2 amide bonds. The molecule has 7 heterocycles. The fraction of sp³-hybridized carbons (Fsp3) is 0.511. The summed E-state index contributed by atoms with van der Waals surface area (Å²) < 4.78 is 54.7. The number of rotatable bonds is 8. The number of ether oxygens (including phenoxy) is 1. The summed E-state index contributed by atoms with van der Waals surface area (Å²) in [5.41, 5.74) is 2.29. The molecule has 0 spiro atoms. The van der Waals surface area contributed by atoms with Crippen molar-refractivity contribution in [3.63, 3.8) is 0 Å². The Morgan fingerprint density at radius 3 is 2.46 bits per heavy atom. The molecule has 3 atom stereocenters. The quantitative estimate of drug-likeness (QED) is 0.151. The number of benzene rings is 2. The summed E-state index contributed by atoms with van der Waals surface area (Å²) >= 11 is 6.65. The first-order valence-electron chi connectivity index (χ1n) is 22.0. The van der Waals surface area contributed by atoms with Gasteiger partial charge in [-0.05, 0) is 111 Å². The van der Waals surface area contributed by atoms with Crippen molar-refractivity contribution in [2.45, 2.75) is 76.2 Å². The Balaban J connectivity index is 0.787. The number of likely N-dealkylation sites (tertiary alicyclic amines) is 1. The predicted molar refractivity (Wildman–Crippen MR) is 235 cm³/mol. The Morgan fingerprint density at radius 1 is 0.968 bits per heavy atom. The zero-order valence-corrected chi connectivity index (χ0v) is 36.2. The summed E-state index contributed by atoms with van der Waals surface area (Å²) in [4.78, 5) is 53.8. The second-order valence-electron chi connectivity index (χ2n) is 18.2. The summed E-state index contributed by atoms with van der Waals surface area (Å²) in [6.07, 6.45) is 6.59. The van der Waals surface area contributed by atoms with E-state index in [2.05, 4.69) is 37.4 Å². The normalized spacial score (nSPS) is 23.4. The van der Waals surface area contributed by atoms with Crippen LogP contribution in [0.1, 0.15) is 69.8 Å². The van der Waals surface area contributed by atoms with Gasteiger partial charge in [0.05, 0.1) is 29.0 Å². The van der Waals surface area contributed by atoms with Gasteiger partial charge in [0.2, 0.25) is 23.5 Å². The highest BCUT2D eigenvalue weighted by Gasteiger charge is 2.51. The third-order valence-electron chi connectivity index (χ3n) is 13.9. The monoisotopic (exact) mass is 886 g/mol. The zero-order chi connectivity index (χ0) is 43.9. The molecule has 3 saturated heterocycles. The average molecular weight is 887 g/mol. The minimum absolute atomic E-state index is 0.0444. The minimum atomic E-state index is -3.14. The number of pyridine rings is 1. The Hall–Kier alpha value is -5.42. The molecule has 332 valence electrons. The van der Waals surface area contributed by atoms with E-state index in [1.165, 1.54) is 10.6 Å². The van der Waals surface area contributed by atoms with Crippen molar-refractivity contribution in [3.05, 3.63) is 63.3 Å². The Morgan fingerprint density at radius 2 is 1.73 bits per heavy atom. The lowest BCUT2D eigenvalue weighted by Crippen LogP contribution is -2.45. The van der Waals surface area contributed by atoms with Crippen molar-refractivity contribution in [3.8, 4) is 5.75 Å². The zero-order valence-electron chi connectivity index (χ0n) is 35.5. The van der Waals surface area contributed by atoms with Gasteiger partial charge in [-0.15, -0.1) is 0 Å². The van der Waals surface area contributed by atoms with E-state index in [9.17, 15) is 14.4 Å². The summed E-state index contributed by atoms with van der Waals surface area (Å²) in [6, 6.07) is 7.50. The molecule has 4 fully saturated rings. The molecule has 14 nitrogen and oxygen atoms in total. The van der Waals surface area contributed by atoms with Gasteiger partial charge < -0.3 is 29.7 Å². The van der Waals surface area contributed by atoms with E-state index in [-0.39, 0.29) is 59.6 Å². The number of aromatic nitrogens is 5. The number of halogens is 4.